The third-order valence-electron chi connectivity index (χ3n) is 2.73. The van der Waals surface area contributed by atoms with Gasteiger partial charge in [-0.2, -0.15) is 0 Å². The van der Waals surface area contributed by atoms with E-state index in [9.17, 15) is 14.9 Å². The van der Waals surface area contributed by atoms with Crippen LogP contribution in [-0.2, 0) is 4.79 Å². The number of ether oxygens (including phenoxy) is 2. The summed E-state index contributed by atoms with van der Waals surface area (Å²) in [7, 11) is 1.33. The normalized spacial score (nSPS) is 13.3. The van der Waals surface area contributed by atoms with Gasteiger partial charge in [0.25, 0.3) is 0 Å². The first-order valence-corrected chi connectivity index (χ1v) is 5.75. The molecule has 0 saturated heterocycles. The Morgan fingerprint density at radius 3 is 2.70 bits per heavy atom. The third-order valence-corrected chi connectivity index (χ3v) is 2.73. The molecule has 0 aliphatic heterocycles. The fraction of sp³-hybridized carbons (Fsp3) is 0.417. The number of hydrogen-bond donors (Lipinski definition) is 2. The van der Waals surface area contributed by atoms with E-state index in [0.29, 0.717) is 0 Å². The average molecular weight is 284 g/mol. The molecule has 0 saturated carbocycles. The summed E-state index contributed by atoms with van der Waals surface area (Å²) in [5.74, 6) is -0.767. The van der Waals surface area contributed by atoms with Crippen molar-refractivity contribution in [2.45, 2.75) is 18.9 Å². The topological polar surface area (TPSA) is 125 Å². The van der Waals surface area contributed by atoms with Crippen LogP contribution in [0.15, 0.2) is 18.2 Å². The number of carboxylic acids is 1. The van der Waals surface area contributed by atoms with Crippen molar-refractivity contribution in [1.82, 2.24) is 0 Å². The van der Waals surface area contributed by atoms with Gasteiger partial charge in [-0.1, -0.05) is 0 Å². The number of nitro benzene ring substituents is 1. The van der Waals surface area contributed by atoms with Crippen LogP contribution in [0, 0.1) is 10.1 Å². The summed E-state index contributed by atoms with van der Waals surface area (Å²) in [4.78, 5) is 21.0. The molecule has 0 heterocycles. The Morgan fingerprint density at radius 1 is 1.55 bits per heavy atom. The molecule has 3 N–H and O–H groups in total. The summed E-state index contributed by atoms with van der Waals surface area (Å²) in [5, 5.41) is 19.7. The van der Waals surface area contributed by atoms with Crippen LogP contribution in [0.2, 0.25) is 0 Å². The molecule has 0 fully saturated rings. The fourth-order valence-corrected chi connectivity index (χ4v) is 1.39. The van der Waals surface area contributed by atoms with Gasteiger partial charge in [0.05, 0.1) is 24.7 Å². The average Bonchev–Trinajstić information content (AvgIpc) is 2.38. The van der Waals surface area contributed by atoms with Gasteiger partial charge >= 0.3 is 11.7 Å². The Labute approximate surface area is 115 Å². The third kappa shape index (κ3) is 3.82. The zero-order valence-electron chi connectivity index (χ0n) is 11.2. The van der Waals surface area contributed by atoms with Crippen LogP contribution >= 0.6 is 0 Å². The quantitative estimate of drug-likeness (QED) is 0.568. The van der Waals surface area contributed by atoms with E-state index in [0.717, 1.165) is 0 Å². The Bertz CT molecular complexity index is 515. The lowest BCUT2D eigenvalue weighted by molar-refractivity contribution is -0.385. The summed E-state index contributed by atoms with van der Waals surface area (Å²) >= 11 is 0. The van der Waals surface area contributed by atoms with Gasteiger partial charge < -0.3 is 20.3 Å². The van der Waals surface area contributed by atoms with Gasteiger partial charge in [0.15, 0.2) is 5.75 Å². The van der Waals surface area contributed by atoms with E-state index in [2.05, 4.69) is 0 Å². The summed E-state index contributed by atoms with van der Waals surface area (Å²) in [6.07, 6.45) is 0.0716. The second-order valence-electron chi connectivity index (χ2n) is 4.41. The molecule has 8 nitrogen and oxygen atoms in total. The molecule has 0 amide bonds. The molecule has 1 aromatic rings. The first-order chi connectivity index (χ1) is 9.27. The maximum Gasteiger partial charge on any atom is 0.323 e. The molecule has 1 aromatic carbocycles. The lowest BCUT2D eigenvalue weighted by Crippen LogP contribution is -2.45. The highest BCUT2D eigenvalue weighted by molar-refractivity contribution is 5.77. The zero-order valence-corrected chi connectivity index (χ0v) is 11.2. The minimum atomic E-state index is -1.40. The molecule has 0 aliphatic carbocycles. The van der Waals surface area contributed by atoms with E-state index in [1.165, 1.54) is 32.2 Å². The largest absolute Gasteiger partial charge is 0.493 e. The van der Waals surface area contributed by atoms with Crippen LogP contribution < -0.4 is 15.2 Å². The summed E-state index contributed by atoms with van der Waals surface area (Å²) in [5.41, 5.74) is 3.91. The summed E-state index contributed by atoms with van der Waals surface area (Å²) in [6.45, 7) is 1.40. The number of hydrogen-bond acceptors (Lipinski definition) is 6. The van der Waals surface area contributed by atoms with Gasteiger partial charge in [0.1, 0.15) is 11.3 Å². The van der Waals surface area contributed by atoms with Crippen LogP contribution in [0.1, 0.15) is 13.3 Å². The molecule has 1 rings (SSSR count). The molecule has 0 radical (unpaired) electrons. The molecule has 8 heteroatoms. The number of benzene rings is 1. The minimum Gasteiger partial charge on any atom is -0.493 e. The predicted octanol–water partition coefficient (Wildman–Crippen LogP) is 1.17. The highest BCUT2D eigenvalue weighted by Crippen LogP contribution is 2.30. The van der Waals surface area contributed by atoms with Crippen molar-refractivity contribution in [3.63, 3.8) is 0 Å². The Kier molecular flexibility index (Phi) is 4.87. The Morgan fingerprint density at radius 2 is 2.20 bits per heavy atom. The van der Waals surface area contributed by atoms with Crippen molar-refractivity contribution in [3.05, 3.63) is 28.3 Å². The van der Waals surface area contributed by atoms with Crippen molar-refractivity contribution < 1.29 is 24.3 Å². The molecule has 1 unspecified atom stereocenters. The van der Waals surface area contributed by atoms with Gasteiger partial charge in [-0.15, -0.1) is 0 Å². The number of carbonyl (C=O) groups is 1. The van der Waals surface area contributed by atoms with Gasteiger partial charge in [0, 0.05) is 6.42 Å². The van der Waals surface area contributed by atoms with E-state index in [4.69, 9.17) is 20.3 Å². The first-order valence-electron chi connectivity index (χ1n) is 5.75. The highest BCUT2D eigenvalue weighted by atomic mass is 16.6. The number of nitrogens with zero attached hydrogens (tertiary/aromatic N) is 1. The highest BCUT2D eigenvalue weighted by Gasteiger charge is 2.27. The molecule has 20 heavy (non-hydrogen) atoms. The van der Waals surface area contributed by atoms with Crippen molar-refractivity contribution >= 4 is 11.7 Å². The second-order valence-corrected chi connectivity index (χ2v) is 4.41. The number of nitro groups is 1. The van der Waals surface area contributed by atoms with Crippen LogP contribution in [0.5, 0.6) is 11.5 Å². The summed E-state index contributed by atoms with van der Waals surface area (Å²) in [6, 6.07) is 4.13. The van der Waals surface area contributed by atoms with Crippen molar-refractivity contribution in [2.24, 2.45) is 5.73 Å². The van der Waals surface area contributed by atoms with Crippen LogP contribution in [0.4, 0.5) is 5.69 Å². The molecular weight excluding hydrogens is 268 g/mol. The smallest absolute Gasteiger partial charge is 0.323 e. The minimum absolute atomic E-state index is 0.0305. The molecule has 0 aliphatic rings. The van der Waals surface area contributed by atoms with Crippen molar-refractivity contribution in [2.75, 3.05) is 13.7 Å². The molecule has 1 atom stereocenters. The SMILES string of the molecule is COc1ccc(OCCC(C)(N)C(=O)O)cc1[N+](=O)[O-]. The molecule has 110 valence electrons. The lowest BCUT2D eigenvalue weighted by Gasteiger charge is -2.19. The first kappa shape index (κ1) is 15.7. The second kappa shape index (κ2) is 6.20. The van der Waals surface area contributed by atoms with E-state index in [1.54, 1.807) is 0 Å². The standard InChI is InChI=1S/C12H16N2O6/c1-12(13,11(15)16)5-6-20-8-3-4-10(19-2)9(7-8)14(17)18/h3-4,7H,5-6,13H2,1-2H3,(H,15,16). The van der Waals surface area contributed by atoms with Crippen LogP contribution in [0.3, 0.4) is 0 Å². The van der Waals surface area contributed by atoms with Gasteiger partial charge in [-0.05, 0) is 19.1 Å². The lowest BCUT2D eigenvalue weighted by atomic mass is 10.0. The van der Waals surface area contributed by atoms with Crippen molar-refractivity contribution in [1.29, 1.82) is 0 Å². The Hall–Kier alpha value is -2.35. The van der Waals surface area contributed by atoms with Crippen LogP contribution in [0.25, 0.3) is 0 Å². The number of carboxylic acid groups (broad SMARTS) is 1. The van der Waals surface area contributed by atoms with E-state index >= 15 is 0 Å². The zero-order chi connectivity index (χ0) is 15.3. The molecule has 0 bridgehead atoms. The van der Waals surface area contributed by atoms with E-state index in [1.807, 2.05) is 0 Å². The van der Waals surface area contributed by atoms with E-state index < -0.39 is 16.4 Å². The number of nitrogens with two attached hydrogens (primary N) is 1. The summed E-state index contributed by atoms with van der Waals surface area (Å²) < 4.78 is 10.1. The van der Waals surface area contributed by atoms with Gasteiger partial charge in [0.2, 0.25) is 0 Å². The van der Waals surface area contributed by atoms with E-state index in [-0.39, 0.29) is 30.2 Å². The molecule has 0 aromatic heterocycles. The maximum absolute atomic E-state index is 10.8. The molecular formula is C12H16N2O6. The number of rotatable bonds is 7. The number of methoxy groups -OCH3 is 1. The Balaban J connectivity index is 2.72. The van der Waals surface area contributed by atoms with Crippen molar-refractivity contribution in [3.8, 4) is 11.5 Å². The molecule has 0 spiro atoms. The fourth-order valence-electron chi connectivity index (χ4n) is 1.39. The predicted molar refractivity (Wildman–Crippen MR) is 70.0 cm³/mol. The monoisotopic (exact) mass is 284 g/mol. The van der Waals surface area contributed by atoms with Crippen LogP contribution in [-0.4, -0.2) is 35.3 Å². The van der Waals surface area contributed by atoms with Gasteiger partial charge in [-0.3, -0.25) is 14.9 Å². The number of aliphatic carboxylic acids is 1. The van der Waals surface area contributed by atoms with Gasteiger partial charge in [-0.25, -0.2) is 0 Å². The maximum atomic E-state index is 10.8.